The second kappa shape index (κ2) is 9.70. The zero-order valence-corrected chi connectivity index (χ0v) is 20.7. The van der Waals surface area contributed by atoms with Crippen LogP contribution >= 0.6 is 0 Å². The van der Waals surface area contributed by atoms with Crippen molar-refractivity contribution in [3.05, 3.63) is 36.0 Å². The molecule has 2 heterocycles. The number of carbonyl (C=O) groups excluding carboxylic acids is 2. The molecule has 0 bridgehead atoms. The van der Waals surface area contributed by atoms with E-state index < -0.39 is 15.9 Å². The van der Waals surface area contributed by atoms with Crippen LogP contribution in [0.3, 0.4) is 0 Å². The van der Waals surface area contributed by atoms with Gasteiger partial charge in [-0.1, -0.05) is 11.2 Å². The molecule has 0 amide bonds. The van der Waals surface area contributed by atoms with Crippen molar-refractivity contribution < 1.29 is 27.3 Å². The van der Waals surface area contributed by atoms with E-state index in [1.807, 2.05) is 30.3 Å². The lowest BCUT2D eigenvalue weighted by molar-refractivity contribution is -0.130. The lowest BCUT2D eigenvalue weighted by atomic mass is 9.83. The summed E-state index contributed by atoms with van der Waals surface area (Å²) in [4.78, 5) is 24.2. The molecule has 1 atom stereocenters. The van der Waals surface area contributed by atoms with Gasteiger partial charge in [0.05, 0.1) is 30.6 Å². The van der Waals surface area contributed by atoms with Crippen LogP contribution in [0, 0.1) is 5.92 Å². The van der Waals surface area contributed by atoms with Crippen LogP contribution < -0.4 is 4.74 Å². The standard InChI is InChI=1S/C26H30N2O6S/c1-35(31,32)28-12-10-17(11-13-28)3-2-14-33-20-6-8-21-18(15-20)4-9-24-25(21)26(27-34-24)22-7-5-19(29)16-23(22)30/h4,6,8-9,15,17,22H,2-3,5,7,10-14,16H2,1H3/t22-/m0/s1. The molecule has 0 radical (unpaired) electrons. The molecule has 8 nitrogen and oxygen atoms in total. The van der Waals surface area contributed by atoms with Crippen LogP contribution in [-0.4, -0.2) is 55.4 Å². The summed E-state index contributed by atoms with van der Waals surface area (Å²) in [5, 5.41) is 6.98. The molecule has 35 heavy (non-hydrogen) atoms. The maximum atomic E-state index is 12.5. The number of rotatable bonds is 7. The fraction of sp³-hybridized carbons (Fsp3) is 0.500. The number of hydrogen-bond acceptors (Lipinski definition) is 7. The highest BCUT2D eigenvalue weighted by atomic mass is 32.2. The Morgan fingerprint density at radius 3 is 2.66 bits per heavy atom. The largest absolute Gasteiger partial charge is 0.494 e. The Balaban J connectivity index is 1.23. The molecule has 1 saturated heterocycles. The summed E-state index contributed by atoms with van der Waals surface area (Å²) in [5.74, 6) is 0.813. The number of Topliss-reactive ketones (excluding diaryl/α,β-unsaturated/α-hetero) is 2. The van der Waals surface area contributed by atoms with Gasteiger partial charge < -0.3 is 9.26 Å². The van der Waals surface area contributed by atoms with E-state index in [4.69, 9.17) is 9.26 Å². The van der Waals surface area contributed by atoms with Crippen LogP contribution in [0.25, 0.3) is 21.7 Å². The highest BCUT2D eigenvalue weighted by Gasteiger charge is 2.32. The molecule has 0 unspecified atom stereocenters. The van der Waals surface area contributed by atoms with Gasteiger partial charge in [0.25, 0.3) is 0 Å². The van der Waals surface area contributed by atoms with Gasteiger partial charge in [0.15, 0.2) is 5.58 Å². The summed E-state index contributed by atoms with van der Waals surface area (Å²) < 4.78 is 36.4. The first-order valence-electron chi connectivity index (χ1n) is 12.2. The molecule has 3 aromatic rings. The van der Waals surface area contributed by atoms with Crippen molar-refractivity contribution in [1.82, 2.24) is 9.46 Å². The number of piperidine rings is 1. The average Bonchev–Trinajstić information content (AvgIpc) is 3.26. The molecule has 186 valence electrons. The number of nitrogens with zero attached hydrogens (tertiary/aromatic N) is 2. The van der Waals surface area contributed by atoms with Gasteiger partial charge >= 0.3 is 0 Å². The van der Waals surface area contributed by atoms with E-state index in [-0.39, 0.29) is 18.0 Å². The minimum atomic E-state index is -3.08. The van der Waals surface area contributed by atoms with Gasteiger partial charge in [-0.25, -0.2) is 12.7 Å². The first kappa shape index (κ1) is 23.9. The normalized spacial score (nSPS) is 20.7. The molecular weight excluding hydrogens is 468 g/mol. The third-order valence-corrected chi connectivity index (χ3v) is 8.62. The lowest BCUT2D eigenvalue weighted by Crippen LogP contribution is -2.37. The number of sulfonamides is 1. The number of hydrogen-bond donors (Lipinski definition) is 0. The fourth-order valence-electron chi connectivity index (χ4n) is 5.35. The number of aromatic nitrogens is 1. The number of ether oxygens (including phenoxy) is 1. The van der Waals surface area contributed by atoms with Crippen LogP contribution in [0.2, 0.25) is 0 Å². The highest BCUT2D eigenvalue weighted by Crippen LogP contribution is 2.37. The van der Waals surface area contributed by atoms with E-state index in [1.165, 1.54) is 6.26 Å². The second-order valence-electron chi connectivity index (χ2n) is 9.76. The molecule has 2 aromatic carbocycles. The Bertz CT molecular complexity index is 1370. The zero-order chi connectivity index (χ0) is 24.6. The van der Waals surface area contributed by atoms with Crippen molar-refractivity contribution >= 4 is 43.3 Å². The van der Waals surface area contributed by atoms with Crippen LogP contribution in [0.4, 0.5) is 0 Å². The smallest absolute Gasteiger partial charge is 0.211 e. The van der Waals surface area contributed by atoms with Gasteiger partial charge in [-0.2, -0.15) is 0 Å². The molecule has 2 fully saturated rings. The number of benzene rings is 2. The van der Waals surface area contributed by atoms with Gasteiger partial charge in [0.2, 0.25) is 10.0 Å². The van der Waals surface area contributed by atoms with Crippen molar-refractivity contribution in [2.45, 2.75) is 50.9 Å². The summed E-state index contributed by atoms with van der Waals surface area (Å²) in [6.45, 7) is 1.82. The predicted octanol–water partition coefficient (Wildman–Crippen LogP) is 4.22. The summed E-state index contributed by atoms with van der Waals surface area (Å²) >= 11 is 0. The molecule has 9 heteroatoms. The maximum Gasteiger partial charge on any atom is 0.211 e. The van der Waals surface area contributed by atoms with Crippen molar-refractivity contribution in [1.29, 1.82) is 0 Å². The molecule has 2 aliphatic rings. The Hall–Kier alpha value is -2.78. The Kier molecular flexibility index (Phi) is 6.63. The van der Waals surface area contributed by atoms with Crippen molar-refractivity contribution in [3.63, 3.8) is 0 Å². The van der Waals surface area contributed by atoms with E-state index >= 15 is 0 Å². The third kappa shape index (κ3) is 5.11. The molecule has 0 spiro atoms. The average molecular weight is 499 g/mol. The van der Waals surface area contributed by atoms with Gasteiger partial charge in [-0.3, -0.25) is 9.59 Å². The topological polar surface area (TPSA) is 107 Å². The van der Waals surface area contributed by atoms with Gasteiger partial charge in [0, 0.05) is 19.5 Å². The highest BCUT2D eigenvalue weighted by molar-refractivity contribution is 7.88. The monoisotopic (exact) mass is 498 g/mol. The van der Waals surface area contributed by atoms with Crippen LogP contribution in [0.1, 0.15) is 56.6 Å². The van der Waals surface area contributed by atoms with Crippen LogP contribution in [-0.2, 0) is 19.6 Å². The van der Waals surface area contributed by atoms with Crippen LogP contribution in [0.5, 0.6) is 5.75 Å². The molecule has 0 N–H and O–H groups in total. The van der Waals surface area contributed by atoms with E-state index in [2.05, 4.69) is 5.16 Å². The molecular formula is C26H30N2O6S. The minimum Gasteiger partial charge on any atom is -0.494 e. The number of ketones is 2. The molecule has 5 rings (SSSR count). The zero-order valence-electron chi connectivity index (χ0n) is 19.9. The van der Waals surface area contributed by atoms with E-state index in [9.17, 15) is 18.0 Å². The Morgan fingerprint density at radius 1 is 1.11 bits per heavy atom. The van der Waals surface area contributed by atoms with Crippen molar-refractivity contribution in [2.24, 2.45) is 5.92 Å². The first-order chi connectivity index (χ1) is 16.8. The maximum absolute atomic E-state index is 12.5. The Morgan fingerprint density at radius 2 is 1.91 bits per heavy atom. The fourth-order valence-corrected chi connectivity index (χ4v) is 6.23. The first-order valence-corrected chi connectivity index (χ1v) is 14.1. The minimum absolute atomic E-state index is 0.00920. The van der Waals surface area contributed by atoms with Gasteiger partial charge in [0.1, 0.15) is 23.0 Å². The summed E-state index contributed by atoms with van der Waals surface area (Å²) in [5.41, 5.74) is 1.26. The van der Waals surface area contributed by atoms with Gasteiger partial charge in [-0.05, 0) is 73.1 Å². The molecule has 1 saturated carbocycles. The Labute approximate surface area is 204 Å². The van der Waals surface area contributed by atoms with Crippen molar-refractivity contribution in [2.75, 3.05) is 26.0 Å². The van der Waals surface area contributed by atoms with Crippen molar-refractivity contribution in [3.8, 4) is 5.75 Å². The quantitative estimate of drug-likeness (QED) is 0.355. The van der Waals surface area contributed by atoms with Gasteiger partial charge in [-0.15, -0.1) is 0 Å². The summed E-state index contributed by atoms with van der Waals surface area (Å²) in [7, 11) is -3.08. The number of carbonyl (C=O) groups is 2. The third-order valence-electron chi connectivity index (χ3n) is 7.32. The SMILES string of the molecule is CS(=O)(=O)N1CCC(CCCOc2ccc3c(ccc4onc([C@H]5CCC(=O)CC5=O)c43)c2)CC1. The molecule has 1 aliphatic carbocycles. The second-order valence-corrected chi connectivity index (χ2v) is 11.7. The van der Waals surface area contributed by atoms with Crippen LogP contribution in [0.15, 0.2) is 34.9 Å². The number of fused-ring (bicyclic) bond motifs is 3. The van der Waals surface area contributed by atoms with E-state index in [1.54, 1.807) is 4.31 Å². The lowest BCUT2D eigenvalue weighted by Gasteiger charge is -2.30. The van der Waals surface area contributed by atoms with E-state index in [0.29, 0.717) is 49.7 Å². The summed E-state index contributed by atoms with van der Waals surface area (Å²) in [6, 6.07) is 9.71. The van der Waals surface area contributed by atoms with E-state index in [0.717, 1.165) is 47.6 Å². The predicted molar refractivity (Wildman–Crippen MR) is 132 cm³/mol. The molecule has 1 aromatic heterocycles. The molecule has 1 aliphatic heterocycles. The summed E-state index contributed by atoms with van der Waals surface area (Å²) in [6.07, 6.45) is 5.85.